The third kappa shape index (κ3) is 3.17. The fourth-order valence-corrected chi connectivity index (χ4v) is 5.35. The molecule has 5 nitrogen and oxygen atoms in total. The van der Waals surface area contributed by atoms with E-state index < -0.39 is 11.6 Å². The normalized spacial score (nSPS) is 19.5. The smallest absolute Gasteiger partial charge is 0.215 e. The average molecular weight is 456 g/mol. The molecule has 4 heterocycles. The number of ether oxygens (including phenoxy) is 1. The predicted octanol–water partition coefficient (Wildman–Crippen LogP) is 4.66. The number of terminal acetylenes is 1. The number of nitrogens with zero attached hydrogens (tertiary/aromatic N) is 3. The largest absolute Gasteiger partial charge is 0.481 e. The second kappa shape index (κ2) is 7.93. The first kappa shape index (κ1) is 20.8. The van der Waals surface area contributed by atoms with E-state index in [9.17, 15) is 4.39 Å². The number of rotatable bonds is 3. The van der Waals surface area contributed by atoms with Crippen LogP contribution in [-0.4, -0.2) is 42.3 Å². The standard InChI is InChI=1S/C27H22F2N4O/c1-3-18-21(28)10-7-15-5-4-6-19(24(15)18)26-25(29)27-20(12-30-26)22(11-23(32-27)34-2)33-13-16-8-9-17(14-33)31-16/h1,4-7,10-12,16-17,31H,8-9,13-14H2,2H3. The highest BCUT2D eigenvalue weighted by Crippen LogP contribution is 2.38. The molecule has 2 fully saturated rings. The van der Waals surface area contributed by atoms with E-state index in [0.29, 0.717) is 39.7 Å². The molecule has 2 saturated heterocycles. The SMILES string of the molecule is C#Cc1c(F)ccc2cccc(-c3ncc4c(N5CC6CCC(C5)N6)cc(OC)nc4c3F)c12. The number of halogens is 2. The Labute approximate surface area is 195 Å². The molecule has 0 saturated carbocycles. The van der Waals surface area contributed by atoms with E-state index in [1.807, 2.05) is 12.1 Å². The van der Waals surface area contributed by atoms with Crippen LogP contribution in [0.1, 0.15) is 18.4 Å². The highest BCUT2D eigenvalue weighted by molar-refractivity contribution is 6.02. The topological polar surface area (TPSA) is 50.3 Å². The monoisotopic (exact) mass is 456 g/mol. The number of anilines is 1. The van der Waals surface area contributed by atoms with Crippen LogP contribution in [-0.2, 0) is 0 Å². The molecule has 7 heteroatoms. The third-order valence-electron chi connectivity index (χ3n) is 6.91. The van der Waals surface area contributed by atoms with Gasteiger partial charge in [0, 0.05) is 53.8 Å². The molecule has 0 radical (unpaired) electrons. The zero-order valence-electron chi connectivity index (χ0n) is 18.6. The van der Waals surface area contributed by atoms with Gasteiger partial charge >= 0.3 is 0 Å². The molecule has 2 aromatic carbocycles. The van der Waals surface area contributed by atoms with Crippen molar-refractivity contribution in [3.05, 3.63) is 59.8 Å². The number of fused-ring (bicyclic) bond motifs is 4. The van der Waals surface area contributed by atoms with Crippen molar-refractivity contribution in [2.75, 3.05) is 25.1 Å². The minimum atomic E-state index is -0.588. The van der Waals surface area contributed by atoms with E-state index in [2.05, 4.69) is 26.1 Å². The maximum atomic E-state index is 16.1. The Bertz CT molecular complexity index is 1480. The lowest BCUT2D eigenvalue weighted by atomic mass is 9.96. The Balaban J connectivity index is 1.58. The lowest BCUT2D eigenvalue weighted by Crippen LogP contribution is -2.51. The van der Waals surface area contributed by atoms with Crippen molar-refractivity contribution in [1.82, 2.24) is 15.3 Å². The summed E-state index contributed by atoms with van der Waals surface area (Å²) >= 11 is 0. The van der Waals surface area contributed by atoms with Gasteiger partial charge in [-0.15, -0.1) is 6.42 Å². The van der Waals surface area contributed by atoms with Gasteiger partial charge in [-0.1, -0.05) is 30.2 Å². The summed E-state index contributed by atoms with van der Waals surface area (Å²) in [6.07, 6.45) is 9.53. The first-order valence-corrected chi connectivity index (χ1v) is 11.3. The Morgan fingerprint density at radius 2 is 1.94 bits per heavy atom. The van der Waals surface area contributed by atoms with Gasteiger partial charge in [0.15, 0.2) is 5.82 Å². The number of hydrogen-bond acceptors (Lipinski definition) is 5. The van der Waals surface area contributed by atoms with Gasteiger partial charge in [0.1, 0.15) is 17.0 Å². The van der Waals surface area contributed by atoms with Crippen LogP contribution in [0.2, 0.25) is 0 Å². The molecule has 0 aliphatic carbocycles. The fraction of sp³-hybridized carbons (Fsp3) is 0.259. The van der Waals surface area contributed by atoms with Crippen molar-refractivity contribution in [2.24, 2.45) is 0 Å². The van der Waals surface area contributed by atoms with Gasteiger partial charge in [0.2, 0.25) is 5.88 Å². The van der Waals surface area contributed by atoms with E-state index >= 15 is 4.39 Å². The molecule has 2 aliphatic heterocycles. The number of aromatic nitrogens is 2. The molecule has 0 amide bonds. The summed E-state index contributed by atoms with van der Waals surface area (Å²) in [4.78, 5) is 11.2. The molecule has 4 aromatic rings. The maximum Gasteiger partial charge on any atom is 0.215 e. The molecule has 34 heavy (non-hydrogen) atoms. The van der Waals surface area contributed by atoms with Crippen molar-refractivity contribution < 1.29 is 13.5 Å². The van der Waals surface area contributed by atoms with Gasteiger partial charge < -0.3 is 15.0 Å². The van der Waals surface area contributed by atoms with Crippen LogP contribution in [0.3, 0.4) is 0 Å². The molecular weight excluding hydrogens is 434 g/mol. The number of piperazine rings is 1. The van der Waals surface area contributed by atoms with Gasteiger partial charge in [-0.05, 0) is 24.3 Å². The predicted molar refractivity (Wildman–Crippen MR) is 129 cm³/mol. The summed E-state index contributed by atoms with van der Waals surface area (Å²) in [5, 5.41) is 5.40. The summed E-state index contributed by atoms with van der Waals surface area (Å²) in [6.45, 7) is 1.66. The van der Waals surface area contributed by atoms with E-state index in [-0.39, 0.29) is 16.8 Å². The molecule has 0 spiro atoms. The van der Waals surface area contributed by atoms with Crippen molar-refractivity contribution in [3.63, 3.8) is 0 Å². The molecule has 2 aromatic heterocycles. The summed E-state index contributed by atoms with van der Waals surface area (Å²) in [7, 11) is 1.52. The lowest BCUT2D eigenvalue weighted by molar-refractivity contribution is 0.398. The zero-order valence-corrected chi connectivity index (χ0v) is 18.6. The third-order valence-corrected chi connectivity index (χ3v) is 6.91. The quantitative estimate of drug-likeness (QED) is 0.455. The van der Waals surface area contributed by atoms with Crippen molar-refractivity contribution in [2.45, 2.75) is 24.9 Å². The van der Waals surface area contributed by atoms with Crippen LogP contribution in [0.15, 0.2) is 42.6 Å². The molecule has 2 aliphatic rings. The number of nitrogens with one attached hydrogen (secondary N) is 1. The minimum Gasteiger partial charge on any atom is -0.481 e. The molecule has 2 unspecified atom stereocenters. The van der Waals surface area contributed by atoms with Crippen molar-refractivity contribution in [1.29, 1.82) is 0 Å². The number of pyridine rings is 2. The highest BCUT2D eigenvalue weighted by atomic mass is 19.1. The molecule has 6 rings (SSSR count). The van der Waals surface area contributed by atoms with Gasteiger partial charge in [-0.2, -0.15) is 0 Å². The second-order valence-electron chi connectivity index (χ2n) is 8.88. The lowest BCUT2D eigenvalue weighted by Gasteiger charge is -2.35. The second-order valence-corrected chi connectivity index (χ2v) is 8.88. The first-order valence-electron chi connectivity index (χ1n) is 11.3. The fourth-order valence-electron chi connectivity index (χ4n) is 5.35. The van der Waals surface area contributed by atoms with Crippen molar-refractivity contribution >= 4 is 27.4 Å². The van der Waals surface area contributed by atoms with Crippen LogP contribution in [0.5, 0.6) is 5.88 Å². The van der Waals surface area contributed by atoms with Crippen LogP contribution < -0.4 is 15.0 Å². The van der Waals surface area contributed by atoms with Gasteiger partial charge in [-0.25, -0.2) is 13.8 Å². The Morgan fingerprint density at radius 1 is 1.15 bits per heavy atom. The summed E-state index contributed by atoms with van der Waals surface area (Å²) in [6, 6.07) is 10.9. The average Bonchev–Trinajstić information content (AvgIpc) is 3.20. The van der Waals surface area contributed by atoms with E-state index in [1.165, 1.54) is 13.2 Å². The molecule has 1 N–H and O–H groups in total. The Kier molecular flexibility index (Phi) is 4.85. The van der Waals surface area contributed by atoms with Crippen molar-refractivity contribution in [3.8, 4) is 29.5 Å². The Hall–Kier alpha value is -3.76. The van der Waals surface area contributed by atoms with Gasteiger partial charge in [-0.3, -0.25) is 4.98 Å². The van der Waals surface area contributed by atoms with Crippen LogP contribution >= 0.6 is 0 Å². The van der Waals surface area contributed by atoms with Crippen LogP contribution in [0.4, 0.5) is 14.5 Å². The number of methoxy groups -OCH3 is 1. The highest BCUT2D eigenvalue weighted by Gasteiger charge is 2.33. The zero-order chi connectivity index (χ0) is 23.4. The first-order chi connectivity index (χ1) is 16.6. The summed E-state index contributed by atoms with van der Waals surface area (Å²) < 4.78 is 36.0. The molecule has 2 bridgehead atoms. The maximum absolute atomic E-state index is 16.1. The van der Waals surface area contributed by atoms with Gasteiger partial charge in [0.05, 0.1) is 18.4 Å². The summed E-state index contributed by atoms with van der Waals surface area (Å²) in [5.74, 6) is 1.63. The summed E-state index contributed by atoms with van der Waals surface area (Å²) in [5.41, 5.74) is 1.61. The molecule has 2 atom stereocenters. The van der Waals surface area contributed by atoms with E-state index in [0.717, 1.165) is 31.6 Å². The van der Waals surface area contributed by atoms with E-state index in [4.69, 9.17) is 11.2 Å². The minimum absolute atomic E-state index is 0.0762. The number of hydrogen-bond donors (Lipinski definition) is 1. The van der Waals surface area contributed by atoms with Crippen LogP contribution in [0, 0.1) is 24.0 Å². The van der Waals surface area contributed by atoms with Crippen LogP contribution in [0.25, 0.3) is 32.9 Å². The molecule has 170 valence electrons. The van der Waals surface area contributed by atoms with Gasteiger partial charge in [0.25, 0.3) is 0 Å². The Morgan fingerprint density at radius 3 is 2.68 bits per heavy atom. The number of benzene rings is 2. The molecular formula is C27H22F2N4O. The van der Waals surface area contributed by atoms with E-state index in [1.54, 1.807) is 24.4 Å².